The first kappa shape index (κ1) is 9.55. The average Bonchev–Trinajstić information content (AvgIpc) is 2.26. The average molecular weight is 281 g/mol. The summed E-state index contributed by atoms with van der Waals surface area (Å²) in [4.78, 5) is 1.22. The molecule has 0 radical (unpaired) electrons. The summed E-state index contributed by atoms with van der Waals surface area (Å²) in [5.74, 6) is 0.982. The van der Waals surface area contributed by atoms with E-state index in [1.807, 2.05) is 23.9 Å². The number of thioether (sulfide) groups is 1. The Morgan fingerprint density at radius 3 is 3.00 bits per heavy atom. The van der Waals surface area contributed by atoms with E-state index in [4.69, 9.17) is 4.74 Å². The lowest BCUT2D eigenvalue weighted by molar-refractivity contribution is 0.244. The maximum absolute atomic E-state index is 5.93. The fourth-order valence-corrected chi connectivity index (χ4v) is 3.20. The smallest absolute Gasteiger partial charge is 0.134 e. The van der Waals surface area contributed by atoms with Crippen LogP contribution in [0.1, 0.15) is 0 Å². The third-order valence-electron chi connectivity index (χ3n) is 2.47. The summed E-state index contributed by atoms with van der Waals surface area (Å²) in [5, 5.41) is 0.420. The maximum Gasteiger partial charge on any atom is 0.134 e. The highest BCUT2D eigenvalue weighted by molar-refractivity contribution is 9.10. The number of fused-ring (bicyclic) bond motifs is 2. The SMILES string of the molecule is Brc1ccc2c(c1)OC1C=CC=CC1S2. The molecule has 1 aromatic rings. The van der Waals surface area contributed by atoms with Gasteiger partial charge in [-0.25, -0.2) is 0 Å². The van der Waals surface area contributed by atoms with Crippen molar-refractivity contribution in [3.05, 3.63) is 47.0 Å². The van der Waals surface area contributed by atoms with Gasteiger partial charge in [-0.3, -0.25) is 0 Å². The minimum atomic E-state index is 0.182. The highest BCUT2D eigenvalue weighted by Gasteiger charge is 2.28. The fourth-order valence-electron chi connectivity index (χ4n) is 1.74. The van der Waals surface area contributed by atoms with Gasteiger partial charge in [-0.15, -0.1) is 11.8 Å². The minimum absolute atomic E-state index is 0.182. The highest BCUT2D eigenvalue weighted by atomic mass is 79.9. The number of allylic oxidation sites excluding steroid dienone is 2. The molecular weight excluding hydrogens is 272 g/mol. The lowest BCUT2D eigenvalue weighted by Crippen LogP contribution is -2.30. The first-order chi connectivity index (χ1) is 7.33. The first-order valence-electron chi connectivity index (χ1n) is 4.81. The van der Waals surface area contributed by atoms with Gasteiger partial charge in [-0.2, -0.15) is 0 Å². The largest absolute Gasteiger partial charge is 0.484 e. The number of ether oxygens (including phenoxy) is 1. The van der Waals surface area contributed by atoms with Crippen LogP contribution in [0.3, 0.4) is 0 Å². The van der Waals surface area contributed by atoms with Crippen LogP contribution in [0.5, 0.6) is 5.75 Å². The van der Waals surface area contributed by atoms with Crippen LogP contribution < -0.4 is 4.74 Å². The lowest BCUT2D eigenvalue weighted by atomic mass is 10.1. The van der Waals surface area contributed by atoms with Gasteiger partial charge in [0.15, 0.2) is 0 Å². The molecule has 0 aromatic heterocycles. The van der Waals surface area contributed by atoms with Crippen molar-refractivity contribution in [2.75, 3.05) is 0 Å². The van der Waals surface area contributed by atoms with Gasteiger partial charge < -0.3 is 4.74 Å². The Labute approximate surface area is 101 Å². The number of benzene rings is 1. The van der Waals surface area contributed by atoms with Crippen molar-refractivity contribution >= 4 is 27.7 Å². The molecular formula is C12H9BrOS. The molecule has 1 heterocycles. The molecule has 0 amide bonds. The van der Waals surface area contributed by atoms with E-state index in [0.717, 1.165) is 10.2 Å². The summed E-state index contributed by atoms with van der Waals surface area (Å²) in [6.07, 6.45) is 8.62. The summed E-state index contributed by atoms with van der Waals surface area (Å²) in [5.41, 5.74) is 0. The predicted octanol–water partition coefficient (Wildman–Crippen LogP) is 3.80. The van der Waals surface area contributed by atoms with Gasteiger partial charge in [0.1, 0.15) is 11.9 Å². The monoisotopic (exact) mass is 280 g/mol. The molecule has 0 N–H and O–H groups in total. The first-order valence-corrected chi connectivity index (χ1v) is 6.48. The van der Waals surface area contributed by atoms with Crippen LogP contribution >= 0.6 is 27.7 Å². The molecule has 0 saturated heterocycles. The lowest BCUT2D eigenvalue weighted by Gasteiger charge is -2.30. The molecule has 1 nitrogen and oxygen atoms in total. The van der Waals surface area contributed by atoms with Crippen LogP contribution in [0.2, 0.25) is 0 Å². The molecule has 1 aliphatic carbocycles. The molecule has 3 rings (SSSR count). The molecule has 0 saturated carbocycles. The molecule has 76 valence electrons. The van der Waals surface area contributed by atoms with Gasteiger partial charge in [0.05, 0.1) is 10.1 Å². The van der Waals surface area contributed by atoms with Crippen LogP contribution in [0.25, 0.3) is 0 Å². The number of halogens is 1. The van der Waals surface area contributed by atoms with E-state index < -0.39 is 0 Å². The molecule has 3 heteroatoms. The van der Waals surface area contributed by atoms with E-state index >= 15 is 0 Å². The van der Waals surface area contributed by atoms with E-state index in [-0.39, 0.29) is 6.10 Å². The van der Waals surface area contributed by atoms with Crippen molar-refractivity contribution in [1.29, 1.82) is 0 Å². The third-order valence-corrected chi connectivity index (χ3v) is 4.25. The van der Waals surface area contributed by atoms with E-state index in [0.29, 0.717) is 5.25 Å². The zero-order chi connectivity index (χ0) is 10.3. The Kier molecular flexibility index (Phi) is 2.37. The van der Waals surface area contributed by atoms with Crippen LogP contribution in [-0.2, 0) is 0 Å². The minimum Gasteiger partial charge on any atom is -0.484 e. The zero-order valence-corrected chi connectivity index (χ0v) is 10.3. The summed E-state index contributed by atoms with van der Waals surface area (Å²) in [6, 6.07) is 6.19. The zero-order valence-electron chi connectivity index (χ0n) is 7.89. The van der Waals surface area contributed by atoms with Crippen molar-refractivity contribution in [1.82, 2.24) is 0 Å². The molecule has 15 heavy (non-hydrogen) atoms. The summed E-state index contributed by atoms with van der Waals surface area (Å²) in [7, 11) is 0. The van der Waals surface area contributed by atoms with Crippen molar-refractivity contribution in [3.63, 3.8) is 0 Å². The van der Waals surface area contributed by atoms with E-state index in [9.17, 15) is 0 Å². The number of hydrogen-bond acceptors (Lipinski definition) is 2. The maximum atomic E-state index is 5.93. The molecule has 2 unspecified atom stereocenters. The Balaban J connectivity index is 2.00. The quantitative estimate of drug-likeness (QED) is 0.715. The van der Waals surface area contributed by atoms with Gasteiger partial charge in [0, 0.05) is 4.47 Å². The summed E-state index contributed by atoms with van der Waals surface area (Å²) >= 11 is 5.32. The van der Waals surface area contributed by atoms with Crippen molar-refractivity contribution < 1.29 is 4.74 Å². The van der Waals surface area contributed by atoms with Crippen LogP contribution in [-0.4, -0.2) is 11.4 Å². The normalized spacial score (nSPS) is 26.7. The van der Waals surface area contributed by atoms with Crippen molar-refractivity contribution in [2.45, 2.75) is 16.2 Å². The predicted molar refractivity (Wildman–Crippen MR) is 66.5 cm³/mol. The van der Waals surface area contributed by atoms with Crippen LogP contribution in [0.15, 0.2) is 51.9 Å². The topological polar surface area (TPSA) is 9.23 Å². The molecule has 0 bridgehead atoms. The Bertz CT molecular complexity index is 453. The second kappa shape index (κ2) is 3.72. The molecule has 1 aromatic carbocycles. The van der Waals surface area contributed by atoms with Gasteiger partial charge in [0.25, 0.3) is 0 Å². The summed E-state index contributed by atoms with van der Waals surface area (Å²) < 4.78 is 6.99. The van der Waals surface area contributed by atoms with E-state index in [1.165, 1.54) is 4.90 Å². The van der Waals surface area contributed by atoms with Gasteiger partial charge in [-0.05, 0) is 24.3 Å². The van der Waals surface area contributed by atoms with Crippen LogP contribution in [0, 0.1) is 0 Å². The van der Waals surface area contributed by atoms with Gasteiger partial charge >= 0.3 is 0 Å². The Hall–Kier alpha value is -0.670. The van der Waals surface area contributed by atoms with Crippen LogP contribution in [0.4, 0.5) is 0 Å². The Morgan fingerprint density at radius 1 is 1.20 bits per heavy atom. The Morgan fingerprint density at radius 2 is 2.07 bits per heavy atom. The number of hydrogen-bond donors (Lipinski definition) is 0. The molecule has 2 atom stereocenters. The van der Waals surface area contributed by atoms with Crippen molar-refractivity contribution in [3.8, 4) is 5.75 Å². The second-order valence-corrected chi connectivity index (χ2v) is 5.66. The standard InChI is InChI=1S/C12H9BrOS/c13-8-5-6-12-10(7-8)14-9-3-1-2-4-11(9)15-12/h1-7,9,11H. The number of rotatable bonds is 0. The fraction of sp³-hybridized carbons (Fsp3) is 0.167. The molecule has 2 aliphatic rings. The third kappa shape index (κ3) is 1.74. The van der Waals surface area contributed by atoms with Gasteiger partial charge in [0.2, 0.25) is 0 Å². The van der Waals surface area contributed by atoms with Gasteiger partial charge in [-0.1, -0.05) is 34.2 Å². The second-order valence-electron chi connectivity index (χ2n) is 3.53. The highest BCUT2D eigenvalue weighted by Crippen LogP contribution is 2.42. The van der Waals surface area contributed by atoms with E-state index in [2.05, 4.69) is 46.3 Å². The molecule has 0 spiro atoms. The molecule has 1 aliphatic heterocycles. The van der Waals surface area contributed by atoms with E-state index in [1.54, 1.807) is 0 Å². The van der Waals surface area contributed by atoms with Crippen molar-refractivity contribution in [2.24, 2.45) is 0 Å². The molecule has 0 fully saturated rings. The summed E-state index contributed by atoms with van der Waals surface area (Å²) in [6.45, 7) is 0.